The predicted octanol–water partition coefficient (Wildman–Crippen LogP) is 0.627. The quantitative estimate of drug-likeness (QED) is 0.852. The van der Waals surface area contributed by atoms with Crippen LogP contribution in [0.3, 0.4) is 0 Å². The van der Waals surface area contributed by atoms with Gasteiger partial charge in [-0.3, -0.25) is 14.0 Å². The maximum Gasteiger partial charge on any atom is 0.307 e. The Kier molecular flexibility index (Phi) is 2.89. The number of fused-ring (bicyclic) bond motifs is 1. The summed E-state index contributed by atoms with van der Waals surface area (Å²) in [4.78, 5) is 22.7. The molecule has 1 amide bonds. The Hall–Kier alpha value is -2.44. The van der Waals surface area contributed by atoms with E-state index in [1.807, 2.05) is 24.4 Å². The van der Waals surface area contributed by atoms with Gasteiger partial charge in [0.05, 0.1) is 17.9 Å². The molecule has 0 saturated heterocycles. The Morgan fingerprint density at radius 2 is 2.20 bits per heavy atom. The lowest BCUT2D eigenvalue weighted by molar-refractivity contribution is -0.140. The summed E-state index contributed by atoms with van der Waals surface area (Å²) in [5, 5.41) is 19.7. The molecular weight excluding hydrogens is 260 g/mol. The average Bonchev–Trinajstić information content (AvgIpc) is 3.12. The van der Waals surface area contributed by atoms with Gasteiger partial charge in [0.25, 0.3) is 0 Å². The Balaban J connectivity index is 1.72. The third kappa shape index (κ3) is 2.11. The molecule has 7 nitrogen and oxygen atoms in total. The van der Waals surface area contributed by atoms with Crippen molar-refractivity contribution in [1.29, 1.82) is 0 Å². The van der Waals surface area contributed by atoms with Crippen molar-refractivity contribution in [1.82, 2.24) is 19.9 Å². The van der Waals surface area contributed by atoms with Crippen LogP contribution in [0.5, 0.6) is 0 Å². The lowest BCUT2D eigenvalue weighted by Crippen LogP contribution is -2.30. The highest BCUT2D eigenvalue weighted by Crippen LogP contribution is 2.39. The van der Waals surface area contributed by atoms with Crippen molar-refractivity contribution in [3.8, 4) is 0 Å². The first-order chi connectivity index (χ1) is 9.58. The van der Waals surface area contributed by atoms with E-state index in [0.717, 1.165) is 0 Å². The fourth-order valence-corrected chi connectivity index (χ4v) is 2.30. The minimum Gasteiger partial charge on any atom is -0.481 e. The summed E-state index contributed by atoms with van der Waals surface area (Å²) < 4.78 is 1.80. The molecule has 0 aromatic carbocycles. The summed E-state index contributed by atoms with van der Waals surface area (Å²) in [5.41, 5.74) is 0.707. The summed E-state index contributed by atoms with van der Waals surface area (Å²) in [6.07, 6.45) is 2.24. The van der Waals surface area contributed by atoms with Gasteiger partial charge < -0.3 is 10.4 Å². The second-order valence-electron chi connectivity index (χ2n) is 5.00. The first-order valence-electron chi connectivity index (χ1n) is 6.41. The summed E-state index contributed by atoms with van der Waals surface area (Å²) in [6.45, 7) is 1.81. The normalized spacial score (nSPS) is 22.4. The van der Waals surface area contributed by atoms with Gasteiger partial charge in [0.1, 0.15) is 0 Å². The fraction of sp³-hybridized carbons (Fsp3) is 0.385. The second kappa shape index (κ2) is 4.59. The first kappa shape index (κ1) is 12.6. The van der Waals surface area contributed by atoms with Crippen molar-refractivity contribution in [3.05, 3.63) is 30.2 Å². The van der Waals surface area contributed by atoms with Gasteiger partial charge in [0, 0.05) is 6.20 Å². The number of carboxylic acids is 1. The summed E-state index contributed by atoms with van der Waals surface area (Å²) in [6, 6.07) is 5.22. The van der Waals surface area contributed by atoms with Crippen LogP contribution in [0.15, 0.2) is 24.4 Å². The maximum absolute atomic E-state index is 11.9. The summed E-state index contributed by atoms with van der Waals surface area (Å²) >= 11 is 0. The summed E-state index contributed by atoms with van der Waals surface area (Å²) in [7, 11) is 0. The van der Waals surface area contributed by atoms with E-state index in [4.69, 9.17) is 5.11 Å². The third-order valence-electron chi connectivity index (χ3n) is 3.53. The molecule has 2 aromatic heterocycles. The average molecular weight is 274 g/mol. The molecular formula is C13H14N4O3. The third-order valence-corrected chi connectivity index (χ3v) is 3.53. The van der Waals surface area contributed by atoms with E-state index in [1.165, 1.54) is 0 Å². The van der Waals surface area contributed by atoms with E-state index in [1.54, 1.807) is 11.3 Å². The highest BCUT2D eigenvalue weighted by atomic mass is 16.4. The minimum atomic E-state index is -0.911. The molecule has 2 heterocycles. The Morgan fingerprint density at radius 3 is 2.90 bits per heavy atom. The molecule has 1 aliphatic carbocycles. The van der Waals surface area contributed by atoms with Crippen molar-refractivity contribution in [2.45, 2.75) is 19.4 Å². The number of hydrogen-bond acceptors (Lipinski definition) is 4. The van der Waals surface area contributed by atoms with Gasteiger partial charge in [-0.1, -0.05) is 6.07 Å². The largest absolute Gasteiger partial charge is 0.481 e. The molecule has 0 spiro atoms. The highest BCUT2D eigenvalue weighted by molar-refractivity contribution is 5.89. The SMILES string of the molecule is C[C@H](NC(=O)[C@@H]1C[C@H]1C(=O)O)c1nnc2ccccn12. The number of amides is 1. The molecule has 0 aliphatic heterocycles. The predicted molar refractivity (Wildman–Crippen MR) is 68.8 cm³/mol. The molecule has 104 valence electrons. The van der Waals surface area contributed by atoms with Crippen LogP contribution in [0.2, 0.25) is 0 Å². The molecule has 1 saturated carbocycles. The number of rotatable bonds is 4. The Labute approximate surface area is 114 Å². The van der Waals surface area contributed by atoms with Crippen molar-refractivity contribution < 1.29 is 14.7 Å². The van der Waals surface area contributed by atoms with E-state index in [0.29, 0.717) is 17.9 Å². The van der Waals surface area contributed by atoms with Crippen molar-refractivity contribution in [2.24, 2.45) is 11.8 Å². The van der Waals surface area contributed by atoms with Crippen molar-refractivity contribution in [3.63, 3.8) is 0 Å². The van der Waals surface area contributed by atoms with Crippen LogP contribution in [0.1, 0.15) is 25.2 Å². The zero-order chi connectivity index (χ0) is 14.3. The number of aliphatic carboxylic acids is 1. The van der Waals surface area contributed by atoms with Crippen LogP contribution in [0.25, 0.3) is 5.65 Å². The molecule has 3 rings (SSSR count). The zero-order valence-electron chi connectivity index (χ0n) is 10.9. The molecule has 1 fully saturated rings. The van der Waals surface area contributed by atoms with Crippen LogP contribution in [-0.2, 0) is 9.59 Å². The van der Waals surface area contributed by atoms with Gasteiger partial charge in [-0.05, 0) is 25.5 Å². The van der Waals surface area contributed by atoms with Crippen LogP contribution in [0, 0.1) is 11.8 Å². The minimum absolute atomic E-state index is 0.238. The first-order valence-corrected chi connectivity index (χ1v) is 6.41. The maximum atomic E-state index is 11.9. The number of carbonyl (C=O) groups excluding carboxylic acids is 1. The number of carboxylic acid groups (broad SMARTS) is 1. The smallest absolute Gasteiger partial charge is 0.307 e. The molecule has 3 atom stereocenters. The standard InChI is InChI=1S/C13H14N4O3/c1-7(14-12(18)8-6-9(8)13(19)20)11-16-15-10-4-2-3-5-17(10)11/h2-5,7-9H,6H2,1H3,(H,14,18)(H,19,20)/t7-,8+,9+/m0/s1. The molecule has 0 radical (unpaired) electrons. The van der Waals surface area contributed by atoms with E-state index in [9.17, 15) is 9.59 Å². The number of hydrogen-bond donors (Lipinski definition) is 2. The Bertz CT molecular complexity index is 681. The van der Waals surface area contributed by atoms with Crippen LogP contribution >= 0.6 is 0 Å². The molecule has 2 aromatic rings. The highest BCUT2D eigenvalue weighted by Gasteiger charge is 2.48. The molecule has 1 aliphatic rings. The van der Waals surface area contributed by atoms with Crippen LogP contribution in [0.4, 0.5) is 0 Å². The van der Waals surface area contributed by atoms with Gasteiger partial charge in [0.2, 0.25) is 5.91 Å². The van der Waals surface area contributed by atoms with Crippen molar-refractivity contribution in [2.75, 3.05) is 0 Å². The second-order valence-corrected chi connectivity index (χ2v) is 5.00. The monoisotopic (exact) mass is 274 g/mol. The van der Waals surface area contributed by atoms with E-state index in [2.05, 4.69) is 15.5 Å². The Morgan fingerprint density at radius 1 is 1.40 bits per heavy atom. The zero-order valence-corrected chi connectivity index (χ0v) is 10.9. The number of nitrogens with one attached hydrogen (secondary N) is 1. The lowest BCUT2D eigenvalue weighted by Gasteiger charge is -2.12. The number of aromatic nitrogens is 3. The van der Waals surface area contributed by atoms with Gasteiger partial charge in [-0.15, -0.1) is 10.2 Å². The topological polar surface area (TPSA) is 96.6 Å². The van der Waals surface area contributed by atoms with Gasteiger partial charge in [-0.2, -0.15) is 0 Å². The molecule has 0 bridgehead atoms. The summed E-state index contributed by atoms with van der Waals surface area (Å²) in [5.74, 6) is -1.49. The number of pyridine rings is 1. The van der Waals surface area contributed by atoms with E-state index >= 15 is 0 Å². The van der Waals surface area contributed by atoms with Crippen molar-refractivity contribution >= 4 is 17.5 Å². The fourth-order valence-electron chi connectivity index (χ4n) is 2.30. The van der Waals surface area contributed by atoms with E-state index < -0.39 is 17.8 Å². The number of carbonyl (C=O) groups is 2. The van der Waals surface area contributed by atoms with E-state index in [-0.39, 0.29) is 11.9 Å². The van der Waals surface area contributed by atoms with Gasteiger partial charge in [-0.25, -0.2) is 0 Å². The van der Waals surface area contributed by atoms with Gasteiger partial charge in [0.15, 0.2) is 11.5 Å². The van der Waals surface area contributed by atoms with Crippen LogP contribution < -0.4 is 5.32 Å². The van der Waals surface area contributed by atoms with Gasteiger partial charge >= 0.3 is 5.97 Å². The number of nitrogens with zero attached hydrogens (tertiary/aromatic N) is 3. The molecule has 2 N–H and O–H groups in total. The molecule has 7 heteroatoms. The lowest BCUT2D eigenvalue weighted by atomic mass is 10.2. The van der Waals surface area contributed by atoms with Crippen LogP contribution in [-0.4, -0.2) is 31.6 Å². The molecule has 0 unspecified atom stereocenters. The molecule has 20 heavy (non-hydrogen) atoms.